The molecule has 2 aromatic heterocycles. The van der Waals surface area contributed by atoms with E-state index in [1.165, 1.54) is 0 Å². The average Bonchev–Trinajstić information content (AvgIpc) is 3.33. The molecular weight excluding hydrogens is 332 g/mol. The van der Waals surface area contributed by atoms with Gasteiger partial charge >= 0.3 is 0 Å². The molecule has 0 saturated carbocycles. The molecule has 1 atom stereocenters. The Balaban J connectivity index is 1.38. The van der Waals surface area contributed by atoms with E-state index >= 15 is 0 Å². The SMILES string of the molecule is Oc1ccc(-c2ccccc2OCC2CC(Cn3ccnc3)=NO2)cn1. The molecule has 7 nitrogen and oxygen atoms in total. The summed E-state index contributed by atoms with van der Waals surface area (Å²) in [6, 6.07) is 11.1. The van der Waals surface area contributed by atoms with Crippen molar-refractivity contribution in [1.82, 2.24) is 14.5 Å². The second kappa shape index (κ2) is 7.26. The number of oxime groups is 1. The molecule has 3 aromatic rings. The molecule has 1 N–H and O–H groups in total. The number of nitrogens with zero attached hydrogens (tertiary/aromatic N) is 4. The van der Waals surface area contributed by atoms with Crippen molar-refractivity contribution in [3.8, 4) is 22.8 Å². The van der Waals surface area contributed by atoms with Crippen LogP contribution in [0.15, 0.2) is 66.5 Å². The van der Waals surface area contributed by atoms with Gasteiger partial charge in [-0.3, -0.25) is 0 Å². The molecule has 1 unspecified atom stereocenters. The van der Waals surface area contributed by atoms with E-state index in [4.69, 9.17) is 9.57 Å². The highest BCUT2D eigenvalue weighted by Crippen LogP contribution is 2.30. The Morgan fingerprint density at radius 3 is 2.96 bits per heavy atom. The number of hydrogen-bond donors (Lipinski definition) is 1. The van der Waals surface area contributed by atoms with Gasteiger partial charge in [0.2, 0.25) is 5.88 Å². The predicted octanol–water partition coefficient (Wildman–Crippen LogP) is 2.87. The van der Waals surface area contributed by atoms with Gasteiger partial charge in [0.05, 0.1) is 18.6 Å². The Labute approximate surface area is 150 Å². The van der Waals surface area contributed by atoms with E-state index in [9.17, 15) is 5.11 Å². The van der Waals surface area contributed by atoms with Crippen molar-refractivity contribution in [3.05, 3.63) is 61.3 Å². The van der Waals surface area contributed by atoms with Gasteiger partial charge in [0, 0.05) is 42.2 Å². The zero-order chi connectivity index (χ0) is 17.8. The topological polar surface area (TPSA) is 81.8 Å². The molecule has 3 heterocycles. The summed E-state index contributed by atoms with van der Waals surface area (Å²) < 4.78 is 7.94. The molecule has 26 heavy (non-hydrogen) atoms. The van der Waals surface area contributed by atoms with Gasteiger partial charge in [-0.2, -0.15) is 0 Å². The third-order valence-corrected chi connectivity index (χ3v) is 4.09. The number of imidazole rings is 1. The maximum atomic E-state index is 9.36. The standard InChI is InChI=1S/C19H18N4O3/c24-19-6-5-14(10-21-19)17-3-1-2-4-18(17)25-12-16-9-15(22-26-16)11-23-8-7-20-13-23/h1-8,10,13,16H,9,11-12H2,(H,21,24). The number of hydrogen-bond acceptors (Lipinski definition) is 6. The van der Waals surface area contributed by atoms with E-state index in [0.717, 1.165) is 29.0 Å². The van der Waals surface area contributed by atoms with Crippen LogP contribution in [0, 0.1) is 0 Å². The number of benzene rings is 1. The first-order valence-electron chi connectivity index (χ1n) is 8.32. The second-order valence-corrected chi connectivity index (χ2v) is 6.04. The summed E-state index contributed by atoms with van der Waals surface area (Å²) in [6.07, 6.45) is 7.63. The van der Waals surface area contributed by atoms with Crippen molar-refractivity contribution in [1.29, 1.82) is 0 Å². The maximum Gasteiger partial charge on any atom is 0.210 e. The molecule has 4 rings (SSSR count). The molecule has 0 aliphatic carbocycles. The fourth-order valence-corrected chi connectivity index (χ4v) is 2.82. The molecule has 0 radical (unpaired) electrons. The molecule has 0 bridgehead atoms. The van der Waals surface area contributed by atoms with Gasteiger partial charge in [0.15, 0.2) is 6.10 Å². The van der Waals surface area contributed by atoms with Crippen LogP contribution in [0.4, 0.5) is 0 Å². The van der Waals surface area contributed by atoms with Gasteiger partial charge in [-0.15, -0.1) is 0 Å². The normalized spacial score (nSPS) is 16.2. The number of aromatic hydroxyl groups is 1. The quantitative estimate of drug-likeness (QED) is 0.739. The molecule has 1 aliphatic heterocycles. The van der Waals surface area contributed by atoms with Crippen molar-refractivity contribution in [2.45, 2.75) is 19.1 Å². The van der Waals surface area contributed by atoms with Crippen LogP contribution in [0.3, 0.4) is 0 Å². The van der Waals surface area contributed by atoms with Crippen molar-refractivity contribution in [3.63, 3.8) is 0 Å². The highest BCUT2D eigenvalue weighted by molar-refractivity contribution is 5.85. The van der Waals surface area contributed by atoms with Gasteiger partial charge in [0.1, 0.15) is 12.4 Å². The monoisotopic (exact) mass is 350 g/mol. The predicted molar refractivity (Wildman–Crippen MR) is 96.0 cm³/mol. The number of ether oxygens (including phenoxy) is 1. The van der Waals surface area contributed by atoms with Crippen LogP contribution in [-0.2, 0) is 11.4 Å². The van der Waals surface area contributed by atoms with Crippen LogP contribution >= 0.6 is 0 Å². The Hall–Kier alpha value is -3.35. The molecule has 132 valence electrons. The zero-order valence-electron chi connectivity index (χ0n) is 14.0. The van der Waals surface area contributed by atoms with Gasteiger partial charge in [-0.05, 0) is 12.1 Å². The van der Waals surface area contributed by atoms with Gasteiger partial charge in [0.25, 0.3) is 0 Å². The van der Waals surface area contributed by atoms with Crippen LogP contribution in [-0.4, -0.2) is 38.1 Å². The van der Waals surface area contributed by atoms with Crippen molar-refractivity contribution in [2.75, 3.05) is 6.61 Å². The molecule has 7 heteroatoms. The maximum absolute atomic E-state index is 9.36. The lowest BCUT2D eigenvalue weighted by atomic mass is 10.1. The smallest absolute Gasteiger partial charge is 0.210 e. The molecule has 1 aromatic carbocycles. The molecule has 0 amide bonds. The summed E-state index contributed by atoms with van der Waals surface area (Å²) >= 11 is 0. The summed E-state index contributed by atoms with van der Waals surface area (Å²) in [5.74, 6) is 0.737. The van der Waals surface area contributed by atoms with Crippen LogP contribution in [0.25, 0.3) is 11.1 Å². The summed E-state index contributed by atoms with van der Waals surface area (Å²) in [4.78, 5) is 13.4. The van der Waals surface area contributed by atoms with E-state index in [1.807, 2.05) is 41.1 Å². The average molecular weight is 350 g/mol. The van der Waals surface area contributed by atoms with E-state index in [1.54, 1.807) is 24.8 Å². The van der Waals surface area contributed by atoms with Crippen LogP contribution in [0.5, 0.6) is 11.6 Å². The number of para-hydroxylation sites is 1. The minimum Gasteiger partial charge on any atom is -0.493 e. The van der Waals surface area contributed by atoms with E-state index < -0.39 is 0 Å². The molecule has 1 aliphatic rings. The highest BCUT2D eigenvalue weighted by Gasteiger charge is 2.22. The Kier molecular flexibility index (Phi) is 4.51. The highest BCUT2D eigenvalue weighted by atomic mass is 16.7. The third kappa shape index (κ3) is 3.66. The van der Waals surface area contributed by atoms with E-state index in [-0.39, 0.29) is 12.0 Å². The van der Waals surface area contributed by atoms with Crippen molar-refractivity contribution in [2.24, 2.45) is 5.16 Å². The van der Waals surface area contributed by atoms with Crippen LogP contribution < -0.4 is 4.74 Å². The largest absolute Gasteiger partial charge is 0.493 e. The third-order valence-electron chi connectivity index (χ3n) is 4.09. The number of pyridine rings is 1. The first-order valence-corrected chi connectivity index (χ1v) is 8.32. The summed E-state index contributed by atoms with van der Waals surface area (Å²) in [5.41, 5.74) is 2.76. The van der Waals surface area contributed by atoms with Crippen molar-refractivity contribution >= 4 is 5.71 Å². The molecule has 0 saturated heterocycles. The van der Waals surface area contributed by atoms with Gasteiger partial charge < -0.3 is 19.2 Å². The summed E-state index contributed by atoms with van der Waals surface area (Å²) in [6.45, 7) is 1.08. The lowest BCUT2D eigenvalue weighted by molar-refractivity contribution is 0.0472. The molecule has 0 spiro atoms. The van der Waals surface area contributed by atoms with Crippen LogP contribution in [0.2, 0.25) is 0 Å². The summed E-state index contributed by atoms with van der Waals surface area (Å²) in [5, 5.41) is 13.5. The van der Waals surface area contributed by atoms with E-state index in [0.29, 0.717) is 13.2 Å². The number of aromatic nitrogens is 3. The first kappa shape index (κ1) is 16.1. The van der Waals surface area contributed by atoms with Crippen LogP contribution in [0.1, 0.15) is 6.42 Å². The van der Waals surface area contributed by atoms with Crippen molar-refractivity contribution < 1.29 is 14.7 Å². The fourth-order valence-electron chi connectivity index (χ4n) is 2.82. The van der Waals surface area contributed by atoms with Gasteiger partial charge in [-0.25, -0.2) is 9.97 Å². The Morgan fingerprint density at radius 1 is 1.23 bits per heavy atom. The van der Waals surface area contributed by atoms with Gasteiger partial charge in [-0.1, -0.05) is 23.4 Å². The van der Waals surface area contributed by atoms with E-state index in [2.05, 4.69) is 15.1 Å². The zero-order valence-corrected chi connectivity index (χ0v) is 14.0. The Morgan fingerprint density at radius 2 is 2.15 bits per heavy atom. The Bertz CT molecular complexity index is 891. The fraction of sp³-hybridized carbons (Fsp3) is 0.211. The number of rotatable bonds is 6. The lowest BCUT2D eigenvalue weighted by Crippen LogP contribution is -2.19. The minimum atomic E-state index is -0.112. The minimum absolute atomic E-state index is 0.00549. The first-order chi connectivity index (χ1) is 12.8. The second-order valence-electron chi connectivity index (χ2n) is 6.04. The summed E-state index contributed by atoms with van der Waals surface area (Å²) in [7, 11) is 0. The lowest BCUT2D eigenvalue weighted by Gasteiger charge is -2.14. The molecule has 0 fully saturated rings. The molecular formula is C19H18N4O3.